The number of hydrogen-bond acceptors (Lipinski definition) is 3. The molecule has 0 unspecified atom stereocenters. The molecule has 1 aromatic carbocycles. The molecule has 0 aliphatic heterocycles. The summed E-state index contributed by atoms with van der Waals surface area (Å²) >= 11 is 0. The van der Waals surface area contributed by atoms with Crippen LogP contribution in [0.4, 0.5) is 4.39 Å². The second kappa shape index (κ2) is 6.01. The van der Waals surface area contributed by atoms with Crippen LogP contribution in [0.25, 0.3) is 11.4 Å². The first kappa shape index (κ1) is 14.3. The van der Waals surface area contributed by atoms with Crippen LogP contribution in [-0.2, 0) is 20.0 Å². The molecule has 114 valence electrons. The van der Waals surface area contributed by atoms with Crippen molar-refractivity contribution in [3.8, 4) is 17.1 Å². The Kier molecular flexibility index (Phi) is 3.91. The van der Waals surface area contributed by atoms with Crippen molar-refractivity contribution in [3.63, 3.8) is 0 Å². The van der Waals surface area contributed by atoms with Crippen molar-refractivity contribution in [2.45, 2.75) is 13.0 Å². The zero-order valence-electron chi connectivity index (χ0n) is 12.5. The van der Waals surface area contributed by atoms with Crippen LogP contribution in [0.5, 0.6) is 5.75 Å². The molecule has 2 aromatic heterocycles. The highest BCUT2D eigenvalue weighted by Crippen LogP contribution is 2.25. The summed E-state index contributed by atoms with van der Waals surface area (Å²) in [6.07, 6.45) is 8.38. The number of rotatable bonds is 5. The Labute approximate surface area is 128 Å². The second-order valence-electron chi connectivity index (χ2n) is 5.07. The number of methoxy groups -OCH3 is 1. The molecule has 0 fully saturated rings. The van der Waals surface area contributed by atoms with Crippen LogP contribution in [0, 0.1) is 5.82 Å². The summed E-state index contributed by atoms with van der Waals surface area (Å²) < 4.78 is 22.4. The van der Waals surface area contributed by atoms with E-state index < -0.39 is 0 Å². The molecular formula is C16H17FN4O. The lowest BCUT2D eigenvalue weighted by Gasteiger charge is -2.09. The molecule has 0 atom stereocenters. The highest BCUT2D eigenvalue weighted by Gasteiger charge is 2.10. The number of hydrogen-bond donors (Lipinski definition) is 0. The van der Waals surface area contributed by atoms with Crippen LogP contribution < -0.4 is 4.74 Å². The molecule has 0 radical (unpaired) electrons. The first-order chi connectivity index (χ1) is 10.7. The van der Waals surface area contributed by atoms with E-state index in [4.69, 9.17) is 4.74 Å². The molecule has 3 aromatic rings. The summed E-state index contributed by atoms with van der Waals surface area (Å²) in [5, 5.41) is 4.16. The number of aryl methyl sites for hydroxylation is 3. The standard InChI is InChI=1S/C16H17FN4O/c1-20-11-12(10-19-20)5-7-21-8-6-18-16(21)13-3-4-14(17)15(9-13)22-2/h3-4,6,8-11H,5,7H2,1-2H3. The second-order valence-corrected chi connectivity index (χ2v) is 5.07. The van der Waals surface area contributed by atoms with Crippen molar-refractivity contribution in [1.29, 1.82) is 0 Å². The molecule has 3 rings (SSSR count). The zero-order valence-corrected chi connectivity index (χ0v) is 12.5. The van der Waals surface area contributed by atoms with Crippen molar-refractivity contribution < 1.29 is 9.13 Å². The number of halogens is 1. The quantitative estimate of drug-likeness (QED) is 0.727. The minimum Gasteiger partial charge on any atom is -0.494 e. The van der Waals surface area contributed by atoms with E-state index in [1.807, 2.05) is 30.2 Å². The third-order valence-corrected chi connectivity index (χ3v) is 3.52. The maximum absolute atomic E-state index is 13.5. The average molecular weight is 300 g/mol. The highest BCUT2D eigenvalue weighted by atomic mass is 19.1. The minimum absolute atomic E-state index is 0.222. The van der Waals surface area contributed by atoms with Gasteiger partial charge in [0.1, 0.15) is 5.82 Å². The van der Waals surface area contributed by atoms with Gasteiger partial charge in [-0.25, -0.2) is 9.37 Å². The van der Waals surface area contributed by atoms with Gasteiger partial charge in [-0.3, -0.25) is 4.68 Å². The lowest BCUT2D eigenvalue weighted by atomic mass is 10.2. The molecule has 0 saturated heterocycles. The minimum atomic E-state index is -0.375. The first-order valence-corrected chi connectivity index (χ1v) is 7.00. The molecule has 0 saturated carbocycles. The molecule has 6 heteroatoms. The van der Waals surface area contributed by atoms with Gasteiger partial charge in [-0.1, -0.05) is 0 Å². The molecule has 0 aliphatic rings. The Morgan fingerprint density at radius 2 is 2.18 bits per heavy atom. The lowest BCUT2D eigenvalue weighted by Crippen LogP contribution is -2.02. The van der Waals surface area contributed by atoms with Crippen molar-refractivity contribution >= 4 is 0 Å². The largest absolute Gasteiger partial charge is 0.494 e. The predicted octanol–water partition coefficient (Wildman–Crippen LogP) is 2.67. The molecule has 5 nitrogen and oxygen atoms in total. The van der Waals surface area contributed by atoms with E-state index in [1.54, 1.807) is 23.0 Å². The van der Waals surface area contributed by atoms with E-state index in [0.29, 0.717) is 0 Å². The van der Waals surface area contributed by atoms with Gasteiger partial charge in [0, 0.05) is 37.7 Å². The van der Waals surface area contributed by atoms with Gasteiger partial charge in [0.05, 0.1) is 13.3 Å². The summed E-state index contributed by atoms with van der Waals surface area (Å²) in [6, 6.07) is 4.77. The van der Waals surface area contributed by atoms with Crippen molar-refractivity contribution in [2.24, 2.45) is 7.05 Å². The van der Waals surface area contributed by atoms with Gasteiger partial charge in [0.15, 0.2) is 11.6 Å². The van der Waals surface area contributed by atoms with Crippen molar-refractivity contribution in [2.75, 3.05) is 7.11 Å². The van der Waals surface area contributed by atoms with E-state index in [9.17, 15) is 4.39 Å². The smallest absolute Gasteiger partial charge is 0.165 e. The molecule has 0 spiro atoms. The Morgan fingerprint density at radius 1 is 1.32 bits per heavy atom. The summed E-state index contributed by atoms with van der Waals surface area (Å²) in [7, 11) is 3.36. The van der Waals surface area contributed by atoms with Crippen LogP contribution in [0.2, 0.25) is 0 Å². The van der Waals surface area contributed by atoms with Crippen LogP contribution >= 0.6 is 0 Å². The Morgan fingerprint density at radius 3 is 2.91 bits per heavy atom. The third kappa shape index (κ3) is 2.86. The van der Waals surface area contributed by atoms with Gasteiger partial charge in [-0.05, 0) is 30.2 Å². The van der Waals surface area contributed by atoms with Crippen molar-refractivity contribution in [1.82, 2.24) is 19.3 Å². The summed E-state index contributed by atoms with van der Waals surface area (Å²) in [5.41, 5.74) is 1.99. The van der Waals surface area contributed by atoms with Gasteiger partial charge in [0.2, 0.25) is 0 Å². The van der Waals surface area contributed by atoms with E-state index in [1.165, 1.54) is 18.7 Å². The average Bonchev–Trinajstić information content (AvgIpc) is 3.14. The number of benzene rings is 1. The zero-order chi connectivity index (χ0) is 15.5. The topological polar surface area (TPSA) is 44.9 Å². The molecule has 0 N–H and O–H groups in total. The number of imidazole rings is 1. The van der Waals surface area contributed by atoms with Gasteiger partial charge in [0.25, 0.3) is 0 Å². The normalized spacial score (nSPS) is 10.9. The maximum Gasteiger partial charge on any atom is 0.165 e. The molecular weight excluding hydrogens is 283 g/mol. The third-order valence-electron chi connectivity index (χ3n) is 3.52. The first-order valence-electron chi connectivity index (χ1n) is 7.00. The predicted molar refractivity (Wildman–Crippen MR) is 81.1 cm³/mol. The van der Waals surface area contributed by atoms with Crippen LogP contribution in [-0.4, -0.2) is 26.4 Å². The van der Waals surface area contributed by atoms with Crippen molar-refractivity contribution in [3.05, 3.63) is 54.4 Å². The van der Waals surface area contributed by atoms with Gasteiger partial charge in [-0.15, -0.1) is 0 Å². The van der Waals surface area contributed by atoms with E-state index in [0.717, 1.165) is 24.4 Å². The van der Waals surface area contributed by atoms with Crippen LogP contribution in [0.15, 0.2) is 43.0 Å². The molecule has 0 amide bonds. The fourth-order valence-corrected chi connectivity index (χ4v) is 2.40. The van der Waals surface area contributed by atoms with Crippen LogP contribution in [0.1, 0.15) is 5.56 Å². The summed E-state index contributed by atoms with van der Waals surface area (Å²) in [4.78, 5) is 4.37. The Bertz CT molecular complexity index is 778. The van der Waals surface area contributed by atoms with E-state index in [-0.39, 0.29) is 11.6 Å². The monoisotopic (exact) mass is 300 g/mol. The Hall–Kier alpha value is -2.63. The van der Waals surface area contributed by atoms with Gasteiger partial charge >= 0.3 is 0 Å². The number of ether oxygens (including phenoxy) is 1. The molecule has 22 heavy (non-hydrogen) atoms. The van der Waals surface area contributed by atoms with E-state index >= 15 is 0 Å². The SMILES string of the molecule is COc1cc(-c2nccn2CCc2cnn(C)c2)ccc1F. The van der Waals surface area contributed by atoms with E-state index in [2.05, 4.69) is 10.1 Å². The molecule has 0 aliphatic carbocycles. The summed E-state index contributed by atoms with van der Waals surface area (Å²) in [5.74, 6) is 0.640. The van der Waals surface area contributed by atoms with Gasteiger partial charge in [-0.2, -0.15) is 5.10 Å². The van der Waals surface area contributed by atoms with Gasteiger partial charge < -0.3 is 9.30 Å². The summed E-state index contributed by atoms with van der Waals surface area (Å²) in [6.45, 7) is 0.778. The molecule has 2 heterocycles. The highest BCUT2D eigenvalue weighted by molar-refractivity contribution is 5.58. The number of nitrogens with zero attached hydrogens (tertiary/aromatic N) is 4. The lowest BCUT2D eigenvalue weighted by molar-refractivity contribution is 0.386. The molecule has 0 bridgehead atoms. The fourth-order valence-electron chi connectivity index (χ4n) is 2.40. The van der Waals surface area contributed by atoms with Crippen LogP contribution in [0.3, 0.4) is 0 Å². The number of aromatic nitrogens is 4. The Balaban J connectivity index is 1.82. The fraction of sp³-hybridized carbons (Fsp3) is 0.250. The maximum atomic E-state index is 13.5.